The molecule has 0 heterocycles. The first-order valence-corrected chi connectivity index (χ1v) is 6.02. The van der Waals surface area contributed by atoms with E-state index in [-0.39, 0.29) is 6.10 Å². The number of aryl methyl sites for hydroxylation is 1. The maximum atomic E-state index is 10.1. The van der Waals surface area contributed by atoms with Gasteiger partial charge in [-0.25, -0.2) is 0 Å². The van der Waals surface area contributed by atoms with Crippen molar-refractivity contribution in [1.82, 2.24) is 0 Å². The molecule has 0 radical (unpaired) electrons. The fourth-order valence-electron chi connectivity index (χ4n) is 2.28. The molecule has 0 aromatic heterocycles. The molecule has 88 valence electrons. The van der Waals surface area contributed by atoms with E-state index in [0.29, 0.717) is 5.92 Å². The Morgan fingerprint density at radius 2 is 2.19 bits per heavy atom. The Morgan fingerprint density at radius 3 is 2.75 bits per heavy atom. The van der Waals surface area contributed by atoms with Gasteiger partial charge in [0.25, 0.3) is 0 Å². The average molecular weight is 220 g/mol. The topological polar surface area (TPSA) is 29.5 Å². The summed E-state index contributed by atoms with van der Waals surface area (Å²) in [4.78, 5) is 0. The second-order valence-corrected chi connectivity index (χ2v) is 4.78. The summed E-state index contributed by atoms with van der Waals surface area (Å²) in [6.45, 7) is 2.07. The lowest BCUT2D eigenvalue weighted by Gasteiger charge is -2.30. The SMILES string of the molecule is COc1ccc(C)cc1CC(O)C1CCC1. The summed E-state index contributed by atoms with van der Waals surface area (Å²) in [5.74, 6) is 1.40. The van der Waals surface area contributed by atoms with Crippen molar-refractivity contribution >= 4 is 0 Å². The smallest absolute Gasteiger partial charge is 0.122 e. The molecule has 1 atom stereocenters. The van der Waals surface area contributed by atoms with E-state index in [9.17, 15) is 5.11 Å². The lowest BCUT2D eigenvalue weighted by Crippen LogP contribution is -2.28. The van der Waals surface area contributed by atoms with Crippen LogP contribution in [-0.4, -0.2) is 18.3 Å². The highest BCUT2D eigenvalue weighted by atomic mass is 16.5. The molecular formula is C14H20O2. The first-order chi connectivity index (χ1) is 7.70. The standard InChI is InChI=1S/C14H20O2/c1-10-6-7-14(16-2)12(8-10)9-13(15)11-4-3-5-11/h6-8,11,13,15H,3-5,9H2,1-2H3. The number of aliphatic hydroxyl groups is 1. The second kappa shape index (κ2) is 4.88. The monoisotopic (exact) mass is 220 g/mol. The van der Waals surface area contributed by atoms with Crippen molar-refractivity contribution in [2.24, 2.45) is 5.92 Å². The largest absolute Gasteiger partial charge is 0.496 e. The van der Waals surface area contributed by atoms with Gasteiger partial charge in [-0.2, -0.15) is 0 Å². The molecule has 0 spiro atoms. The number of aliphatic hydroxyl groups excluding tert-OH is 1. The summed E-state index contributed by atoms with van der Waals surface area (Å²) in [6.07, 6.45) is 4.14. The highest BCUT2D eigenvalue weighted by Gasteiger charge is 2.26. The molecule has 1 unspecified atom stereocenters. The maximum absolute atomic E-state index is 10.1. The number of hydrogen-bond acceptors (Lipinski definition) is 2. The minimum absolute atomic E-state index is 0.204. The van der Waals surface area contributed by atoms with Crippen molar-refractivity contribution in [2.75, 3.05) is 7.11 Å². The minimum atomic E-state index is -0.204. The fourth-order valence-corrected chi connectivity index (χ4v) is 2.28. The van der Waals surface area contributed by atoms with Gasteiger partial charge in [-0.15, -0.1) is 0 Å². The number of benzene rings is 1. The quantitative estimate of drug-likeness (QED) is 0.845. The highest BCUT2D eigenvalue weighted by Crippen LogP contribution is 2.32. The summed E-state index contributed by atoms with van der Waals surface area (Å²) in [5, 5.41) is 10.1. The van der Waals surface area contributed by atoms with E-state index in [4.69, 9.17) is 4.74 Å². The van der Waals surface area contributed by atoms with Crippen LogP contribution >= 0.6 is 0 Å². The van der Waals surface area contributed by atoms with Crippen molar-refractivity contribution in [3.05, 3.63) is 29.3 Å². The van der Waals surface area contributed by atoms with Crippen LogP contribution in [0.15, 0.2) is 18.2 Å². The zero-order valence-corrected chi connectivity index (χ0v) is 10.1. The molecule has 16 heavy (non-hydrogen) atoms. The number of methoxy groups -OCH3 is 1. The molecule has 1 aromatic rings. The molecular weight excluding hydrogens is 200 g/mol. The van der Waals surface area contributed by atoms with Crippen molar-refractivity contribution in [1.29, 1.82) is 0 Å². The summed E-state index contributed by atoms with van der Waals surface area (Å²) in [7, 11) is 1.68. The van der Waals surface area contributed by atoms with Gasteiger partial charge in [0, 0.05) is 6.42 Å². The average Bonchev–Trinajstić information content (AvgIpc) is 2.15. The molecule has 1 aliphatic carbocycles. The van der Waals surface area contributed by atoms with Gasteiger partial charge in [-0.3, -0.25) is 0 Å². The van der Waals surface area contributed by atoms with Crippen LogP contribution in [0.2, 0.25) is 0 Å². The van der Waals surface area contributed by atoms with Crippen LogP contribution in [-0.2, 0) is 6.42 Å². The Kier molecular flexibility index (Phi) is 3.49. The second-order valence-electron chi connectivity index (χ2n) is 4.78. The van der Waals surface area contributed by atoms with E-state index in [0.717, 1.165) is 17.7 Å². The minimum Gasteiger partial charge on any atom is -0.496 e. The summed E-state index contributed by atoms with van der Waals surface area (Å²) in [6, 6.07) is 6.14. The van der Waals surface area contributed by atoms with Gasteiger partial charge < -0.3 is 9.84 Å². The molecule has 0 aliphatic heterocycles. The van der Waals surface area contributed by atoms with Crippen molar-refractivity contribution < 1.29 is 9.84 Å². The van der Waals surface area contributed by atoms with Gasteiger partial charge in [-0.05, 0) is 37.3 Å². The molecule has 1 saturated carbocycles. The first kappa shape index (κ1) is 11.5. The van der Waals surface area contributed by atoms with Gasteiger partial charge in [0.05, 0.1) is 13.2 Å². The van der Waals surface area contributed by atoms with E-state index in [2.05, 4.69) is 13.0 Å². The Morgan fingerprint density at radius 1 is 1.44 bits per heavy atom. The zero-order chi connectivity index (χ0) is 11.5. The van der Waals surface area contributed by atoms with Crippen LogP contribution < -0.4 is 4.74 Å². The third-order valence-corrected chi connectivity index (χ3v) is 3.56. The molecule has 1 aromatic carbocycles. The van der Waals surface area contributed by atoms with Gasteiger partial charge in [0.2, 0.25) is 0 Å². The van der Waals surface area contributed by atoms with Gasteiger partial charge in [-0.1, -0.05) is 24.1 Å². The van der Waals surface area contributed by atoms with Crippen LogP contribution in [0.3, 0.4) is 0 Å². The van der Waals surface area contributed by atoms with Crippen LogP contribution in [0.1, 0.15) is 30.4 Å². The zero-order valence-electron chi connectivity index (χ0n) is 10.1. The van der Waals surface area contributed by atoms with E-state index in [1.807, 2.05) is 12.1 Å². The molecule has 2 rings (SSSR count). The van der Waals surface area contributed by atoms with E-state index in [1.165, 1.54) is 24.8 Å². The van der Waals surface area contributed by atoms with Gasteiger partial charge in [0.15, 0.2) is 0 Å². The van der Waals surface area contributed by atoms with Crippen LogP contribution in [0.5, 0.6) is 5.75 Å². The third kappa shape index (κ3) is 2.38. The predicted octanol–water partition coefficient (Wildman–Crippen LogP) is 2.71. The summed E-state index contributed by atoms with van der Waals surface area (Å²) >= 11 is 0. The fraction of sp³-hybridized carbons (Fsp3) is 0.571. The van der Waals surface area contributed by atoms with E-state index >= 15 is 0 Å². The molecule has 0 amide bonds. The van der Waals surface area contributed by atoms with E-state index in [1.54, 1.807) is 7.11 Å². The predicted molar refractivity (Wildman–Crippen MR) is 64.8 cm³/mol. The molecule has 2 heteroatoms. The van der Waals surface area contributed by atoms with Crippen molar-refractivity contribution in [3.63, 3.8) is 0 Å². The molecule has 0 saturated heterocycles. The molecule has 2 nitrogen and oxygen atoms in total. The molecule has 1 fully saturated rings. The maximum Gasteiger partial charge on any atom is 0.122 e. The highest BCUT2D eigenvalue weighted by molar-refractivity contribution is 5.37. The van der Waals surface area contributed by atoms with E-state index < -0.39 is 0 Å². The van der Waals surface area contributed by atoms with Crippen molar-refractivity contribution in [3.8, 4) is 5.75 Å². The van der Waals surface area contributed by atoms with Crippen LogP contribution in [0, 0.1) is 12.8 Å². The number of hydrogen-bond donors (Lipinski definition) is 1. The van der Waals surface area contributed by atoms with Crippen molar-refractivity contribution in [2.45, 2.75) is 38.7 Å². The lowest BCUT2D eigenvalue weighted by atomic mass is 9.79. The van der Waals surface area contributed by atoms with Gasteiger partial charge in [0.1, 0.15) is 5.75 Å². The molecule has 0 bridgehead atoms. The normalized spacial score (nSPS) is 17.9. The van der Waals surface area contributed by atoms with Gasteiger partial charge >= 0.3 is 0 Å². The lowest BCUT2D eigenvalue weighted by molar-refractivity contribution is 0.0625. The molecule has 1 aliphatic rings. The number of ether oxygens (including phenoxy) is 1. The Labute approximate surface area is 97.3 Å². The Balaban J connectivity index is 2.09. The molecule has 1 N–H and O–H groups in total. The Bertz CT molecular complexity index is 356. The number of rotatable bonds is 4. The first-order valence-electron chi connectivity index (χ1n) is 6.02. The third-order valence-electron chi connectivity index (χ3n) is 3.56. The summed E-state index contributed by atoms with van der Waals surface area (Å²) in [5.41, 5.74) is 2.35. The van der Waals surface area contributed by atoms with Crippen LogP contribution in [0.4, 0.5) is 0 Å². The Hall–Kier alpha value is -1.02. The van der Waals surface area contributed by atoms with Crippen LogP contribution in [0.25, 0.3) is 0 Å². The summed E-state index contributed by atoms with van der Waals surface area (Å²) < 4.78 is 5.32.